The highest BCUT2D eigenvalue weighted by molar-refractivity contribution is 5.91. The van der Waals surface area contributed by atoms with Crippen LogP contribution in [0.25, 0.3) is 0 Å². The van der Waals surface area contributed by atoms with Crippen LogP contribution < -0.4 is 20.1 Å². The number of ether oxygens (including phenoxy) is 2. The van der Waals surface area contributed by atoms with E-state index in [4.69, 9.17) is 15.2 Å². The Morgan fingerprint density at radius 3 is 2.50 bits per heavy atom. The summed E-state index contributed by atoms with van der Waals surface area (Å²) in [5.41, 5.74) is 8.21. The van der Waals surface area contributed by atoms with E-state index in [1.54, 1.807) is 26.6 Å². The number of carbonyl (C=O) groups excluding carboxylic acids is 1. The molecule has 2 N–H and O–H groups in total. The Morgan fingerprint density at radius 2 is 1.82 bits per heavy atom. The molecule has 0 unspecified atom stereocenters. The van der Waals surface area contributed by atoms with E-state index < -0.39 is 17.7 Å². The van der Waals surface area contributed by atoms with Gasteiger partial charge >= 0.3 is 6.03 Å². The van der Waals surface area contributed by atoms with Gasteiger partial charge in [0, 0.05) is 48.2 Å². The molecule has 9 heteroatoms. The normalized spacial score (nSPS) is 23.1. The van der Waals surface area contributed by atoms with Crippen molar-refractivity contribution in [2.24, 2.45) is 5.73 Å². The zero-order valence-electron chi connectivity index (χ0n) is 21.6. The minimum Gasteiger partial charge on any atom is -0.493 e. The van der Waals surface area contributed by atoms with Gasteiger partial charge in [-0.1, -0.05) is 6.07 Å². The van der Waals surface area contributed by atoms with Crippen LogP contribution in [0.15, 0.2) is 60.9 Å². The van der Waals surface area contributed by atoms with Crippen molar-refractivity contribution in [2.75, 3.05) is 25.7 Å². The van der Waals surface area contributed by atoms with Crippen molar-refractivity contribution in [3.8, 4) is 11.5 Å². The van der Waals surface area contributed by atoms with Crippen LogP contribution in [0.3, 0.4) is 0 Å². The molecule has 2 fully saturated rings. The van der Waals surface area contributed by atoms with Gasteiger partial charge in [-0.3, -0.25) is 14.8 Å². The van der Waals surface area contributed by atoms with Gasteiger partial charge in [-0.15, -0.1) is 0 Å². The number of urea groups is 1. The highest BCUT2D eigenvalue weighted by Crippen LogP contribution is 2.51. The van der Waals surface area contributed by atoms with Crippen LogP contribution in [-0.2, 0) is 12.0 Å². The lowest BCUT2D eigenvalue weighted by Gasteiger charge is -2.47. The molecule has 1 saturated carbocycles. The fourth-order valence-corrected chi connectivity index (χ4v) is 6.41. The number of hydrogen-bond donors (Lipinski definition) is 1. The van der Waals surface area contributed by atoms with Crippen molar-refractivity contribution in [3.63, 3.8) is 0 Å². The average Bonchev–Trinajstić information content (AvgIpc) is 3.29. The van der Waals surface area contributed by atoms with E-state index in [0.29, 0.717) is 24.3 Å². The molecule has 3 aromatic rings. The number of pyridine rings is 1. The number of amides is 2. The van der Waals surface area contributed by atoms with Crippen LogP contribution in [0.1, 0.15) is 36.8 Å². The van der Waals surface area contributed by atoms with Crippen molar-refractivity contribution in [1.82, 2.24) is 9.88 Å². The van der Waals surface area contributed by atoms with Crippen molar-refractivity contribution in [2.45, 2.75) is 49.7 Å². The second-order valence-electron chi connectivity index (χ2n) is 10.1. The molecular formula is C29H32F2N4O3. The summed E-state index contributed by atoms with van der Waals surface area (Å²) in [5, 5.41) is 0. The maximum atomic E-state index is 14.1. The van der Waals surface area contributed by atoms with Crippen LogP contribution in [0.2, 0.25) is 0 Å². The summed E-state index contributed by atoms with van der Waals surface area (Å²) in [5.74, 6) is -0.630. The van der Waals surface area contributed by atoms with E-state index in [2.05, 4.69) is 22.0 Å². The molecule has 2 aromatic carbocycles. The van der Waals surface area contributed by atoms with Gasteiger partial charge in [0.2, 0.25) is 0 Å². The number of fused-ring (bicyclic) bond motifs is 1. The van der Waals surface area contributed by atoms with Gasteiger partial charge in [-0.25, -0.2) is 13.6 Å². The minimum atomic E-state index is -1.01. The van der Waals surface area contributed by atoms with E-state index in [1.165, 1.54) is 11.0 Å². The Kier molecular flexibility index (Phi) is 7.21. The molecule has 1 aromatic heterocycles. The second kappa shape index (κ2) is 10.6. The quantitative estimate of drug-likeness (QED) is 0.471. The number of hydrogen-bond acceptors (Lipinski definition) is 5. The Hall–Kier alpha value is -3.72. The highest BCUT2D eigenvalue weighted by atomic mass is 19.2. The first-order valence-electron chi connectivity index (χ1n) is 12.8. The molecule has 2 heterocycles. The lowest BCUT2D eigenvalue weighted by molar-refractivity contribution is 0.137. The molecule has 3 atom stereocenters. The van der Waals surface area contributed by atoms with E-state index in [1.807, 2.05) is 18.2 Å². The number of rotatable bonds is 7. The standard InChI is InChI=1S/C29H32F2N4O3/c1-37-25-6-3-20(15-26(25)38-2)29-10-7-22(35(28(32)36)21-4-5-23(30)24(31)16-21)17-27(29)34(14-11-29)18-19-8-12-33-13-9-19/h3-6,8-9,12-13,15-16,22,27H,7,10-11,14,17-18H2,1-2H3,(H2,32,36)/t22-,27+,29+/m1/s1. The van der Waals surface area contributed by atoms with Crippen molar-refractivity contribution in [1.29, 1.82) is 0 Å². The number of primary amides is 1. The first-order valence-corrected chi connectivity index (χ1v) is 12.8. The number of nitrogens with two attached hydrogens (primary N) is 1. The number of anilines is 1. The topological polar surface area (TPSA) is 80.9 Å². The zero-order chi connectivity index (χ0) is 26.9. The maximum absolute atomic E-state index is 14.1. The number of aromatic nitrogens is 1. The molecule has 200 valence electrons. The lowest BCUT2D eigenvalue weighted by Crippen LogP contribution is -2.54. The lowest BCUT2D eigenvalue weighted by atomic mass is 9.64. The molecule has 0 spiro atoms. The molecule has 7 nitrogen and oxygen atoms in total. The third-order valence-electron chi connectivity index (χ3n) is 8.22. The van der Waals surface area contributed by atoms with Crippen LogP contribution in [0.4, 0.5) is 19.3 Å². The highest BCUT2D eigenvalue weighted by Gasteiger charge is 2.52. The van der Waals surface area contributed by atoms with Crippen molar-refractivity contribution < 1.29 is 23.0 Å². The molecular weight excluding hydrogens is 490 g/mol. The van der Waals surface area contributed by atoms with E-state index in [9.17, 15) is 13.6 Å². The molecule has 0 radical (unpaired) electrons. The molecule has 1 aliphatic heterocycles. The number of benzene rings is 2. The van der Waals surface area contributed by atoms with Gasteiger partial charge in [0.05, 0.1) is 14.2 Å². The average molecular weight is 523 g/mol. The van der Waals surface area contributed by atoms with Gasteiger partial charge in [-0.05, 0) is 79.8 Å². The largest absolute Gasteiger partial charge is 0.493 e. The number of halogens is 2. The molecule has 1 saturated heterocycles. The van der Waals surface area contributed by atoms with Crippen molar-refractivity contribution in [3.05, 3.63) is 83.7 Å². The fraction of sp³-hybridized carbons (Fsp3) is 0.379. The first kappa shape index (κ1) is 25.9. The van der Waals surface area contributed by atoms with Crippen LogP contribution in [0, 0.1) is 11.6 Å². The number of nitrogens with zero attached hydrogens (tertiary/aromatic N) is 3. The zero-order valence-corrected chi connectivity index (χ0v) is 21.6. The number of methoxy groups -OCH3 is 2. The molecule has 5 rings (SSSR count). The SMILES string of the molecule is COc1ccc([C@@]23CC[C@@H](N(C(N)=O)c4ccc(F)c(F)c4)C[C@@H]2N(Cc2ccncc2)CC3)cc1OC. The van der Waals surface area contributed by atoms with E-state index in [0.717, 1.165) is 49.2 Å². The van der Waals surface area contributed by atoms with Gasteiger partial charge in [0.15, 0.2) is 23.1 Å². The molecule has 0 bridgehead atoms. The summed E-state index contributed by atoms with van der Waals surface area (Å²) in [4.78, 5) is 20.7. The Labute approximate surface area is 221 Å². The third-order valence-corrected chi connectivity index (χ3v) is 8.22. The summed E-state index contributed by atoms with van der Waals surface area (Å²) < 4.78 is 38.9. The monoisotopic (exact) mass is 522 g/mol. The Morgan fingerprint density at radius 1 is 1.05 bits per heavy atom. The van der Waals surface area contributed by atoms with E-state index in [-0.39, 0.29) is 23.2 Å². The molecule has 1 aliphatic carbocycles. The Balaban J connectivity index is 1.52. The summed E-state index contributed by atoms with van der Waals surface area (Å²) in [7, 11) is 3.25. The fourth-order valence-electron chi connectivity index (χ4n) is 6.41. The molecule has 2 aliphatic rings. The summed E-state index contributed by atoms with van der Waals surface area (Å²) in [6.07, 6.45) is 6.59. The van der Waals surface area contributed by atoms with E-state index >= 15 is 0 Å². The second-order valence-corrected chi connectivity index (χ2v) is 10.1. The number of carbonyl (C=O) groups is 1. The summed E-state index contributed by atoms with van der Waals surface area (Å²) in [6, 6.07) is 12.7. The smallest absolute Gasteiger partial charge is 0.319 e. The third kappa shape index (κ3) is 4.67. The Bertz CT molecular complexity index is 1310. The van der Waals surface area contributed by atoms with Crippen molar-refractivity contribution >= 4 is 11.7 Å². The maximum Gasteiger partial charge on any atom is 0.319 e. The van der Waals surface area contributed by atoms with Gasteiger partial charge in [0.1, 0.15) is 0 Å². The van der Waals surface area contributed by atoms with Gasteiger partial charge in [-0.2, -0.15) is 0 Å². The molecule has 2 amide bonds. The van der Waals surface area contributed by atoms with Crippen LogP contribution >= 0.6 is 0 Å². The summed E-state index contributed by atoms with van der Waals surface area (Å²) in [6.45, 7) is 1.60. The number of likely N-dealkylation sites (tertiary alicyclic amines) is 1. The first-order chi connectivity index (χ1) is 18.4. The predicted molar refractivity (Wildman–Crippen MR) is 140 cm³/mol. The summed E-state index contributed by atoms with van der Waals surface area (Å²) >= 11 is 0. The minimum absolute atomic E-state index is 0.0691. The van der Waals surface area contributed by atoms with Gasteiger partial charge < -0.3 is 15.2 Å². The van der Waals surface area contributed by atoms with Crippen LogP contribution in [0.5, 0.6) is 11.5 Å². The molecule has 38 heavy (non-hydrogen) atoms. The van der Waals surface area contributed by atoms with Gasteiger partial charge in [0.25, 0.3) is 0 Å². The van der Waals surface area contributed by atoms with Crippen LogP contribution in [-0.4, -0.2) is 48.8 Å². The predicted octanol–water partition coefficient (Wildman–Crippen LogP) is 5.03.